The van der Waals surface area contributed by atoms with Gasteiger partial charge in [-0.1, -0.05) is 0 Å². The first-order chi connectivity index (χ1) is 12.1. The van der Waals surface area contributed by atoms with Gasteiger partial charge in [-0.2, -0.15) is 10.2 Å². The van der Waals surface area contributed by atoms with Gasteiger partial charge in [0, 0.05) is 33.3 Å². The van der Waals surface area contributed by atoms with E-state index >= 15 is 0 Å². The molecule has 1 N–H and O–H groups in total. The van der Waals surface area contributed by atoms with Crippen molar-refractivity contribution >= 4 is 11.8 Å². The number of likely N-dealkylation sites (tertiary alicyclic amines) is 1. The number of aryl methyl sites for hydroxylation is 2. The van der Waals surface area contributed by atoms with Gasteiger partial charge in [0.15, 0.2) is 0 Å². The van der Waals surface area contributed by atoms with Crippen molar-refractivity contribution in [2.75, 3.05) is 7.05 Å². The molecule has 8 nitrogen and oxygen atoms in total. The summed E-state index contributed by atoms with van der Waals surface area (Å²) >= 11 is 0. The number of fused-ring (bicyclic) bond motifs is 1. The monoisotopic (exact) mass is 342 g/mol. The third kappa shape index (κ3) is 2.61. The van der Waals surface area contributed by atoms with Crippen LogP contribution < -0.4 is 5.32 Å². The molecule has 0 saturated carbocycles. The van der Waals surface area contributed by atoms with Crippen molar-refractivity contribution in [3.05, 3.63) is 35.4 Å². The molecule has 2 aromatic heterocycles. The molecule has 0 spiro atoms. The maximum atomic E-state index is 12.8. The van der Waals surface area contributed by atoms with Crippen molar-refractivity contribution in [1.82, 2.24) is 29.8 Å². The minimum absolute atomic E-state index is 0.0218. The van der Waals surface area contributed by atoms with Gasteiger partial charge in [0.05, 0.1) is 35.2 Å². The zero-order chi connectivity index (χ0) is 17.6. The second-order valence-corrected chi connectivity index (χ2v) is 6.80. The summed E-state index contributed by atoms with van der Waals surface area (Å²) in [4.78, 5) is 26.8. The molecule has 1 saturated heterocycles. The summed E-state index contributed by atoms with van der Waals surface area (Å²) in [6, 6.07) is 1.40. The Kier molecular flexibility index (Phi) is 3.82. The lowest BCUT2D eigenvalue weighted by atomic mass is 10.0. The van der Waals surface area contributed by atoms with Crippen LogP contribution in [0.1, 0.15) is 47.1 Å². The van der Waals surface area contributed by atoms with Crippen LogP contribution in [0.5, 0.6) is 0 Å². The van der Waals surface area contributed by atoms with Gasteiger partial charge in [-0.15, -0.1) is 0 Å². The number of rotatable bonds is 3. The fraction of sp³-hybridized carbons (Fsp3) is 0.529. The van der Waals surface area contributed by atoms with E-state index in [2.05, 4.69) is 15.5 Å². The lowest BCUT2D eigenvalue weighted by molar-refractivity contribution is -0.127. The Morgan fingerprint density at radius 2 is 2.12 bits per heavy atom. The summed E-state index contributed by atoms with van der Waals surface area (Å²) in [5.74, 6) is -0.128. The highest BCUT2D eigenvalue weighted by Gasteiger charge is 2.41. The number of nitrogens with zero attached hydrogens (tertiary/aromatic N) is 5. The fourth-order valence-corrected chi connectivity index (χ4v) is 3.93. The quantitative estimate of drug-likeness (QED) is 0.888. The van der Waals surface area contributed by atoms with Crippen LogP contribution in [0.15, 0.2) is 18.5 Å². The number of nitrogens with one attached hydrogen (secondary N) is 1. The SMILES string of the molecule is CN1C(=O)C[C@@H](NC(=O)c2cnn3c2CCCC3)[C@@H]1c1ccnn1C. The van der Waals surface area contributed by atoms with Crippen LogP contribution in [-0.2, 0) is 24.8 Å². The first kappa shape index (κ1) is 15.9. The van der Waals surface area contributed by atoms with Crippen LogP contribution in [0, 0.1) is 0 Å². The van der Waals surface area contributed by atoms with Gasteiger partial charge in [-0.3, -0.25) is 19.0 Å². The maximum absolute atomic E-state index is 12.8. The third-order valence-corrected chi connectivity index (χ3v) is 5.29. The van der Waals surface area contributed by atoms with E-state index in [1.807, 2.05) is 17.8 Å². The van der Waals surface area contributed by atoms with Crippen LogP contribution in [-0.4, -0.2) is 49.4 Å². The Balaban J connectivity index is 1.58. The number of likely N-dealkylation sites (N-methyl/N-ethyl adjacent to an activating group) is 1. The molecule has 8 heteroatoms. The van der Waals surface area contributed by atoms with Crippen molar-refractivity contribution in [1.29, 1.82) is 0 Å². The molecule has 1 fully saturated rings. The van der Waals surface area contributed by atoms with Crippen molar-refractivity contribution < 1.29 is 9.59 Å². The van der Waals surface area contributed by atoms with E-state index in [9.17, 15) is 9.59 Å². The van der Waals surface area contributed by atoms with Crippen LogP contribution in [0.4, 0.5) is 0 Å². The zero-order valence-electron chi connectivity index (χ0n) is 14.5. The average molecular weight is 342 g/mol. The highest BCUT2D eigenvalue weighted by molar-refractivity contribution is 5.96. The summed E-state index contributed by atoms with van der Waals surface area (Å²) in [5, 5.41) is 11.6. The summed E-state index contributed by atoms with van der Waals surface area (Å²) in [6.07, 6.45) is 6.70. The van der Waals surface area contributed by atoms with Gasteiger partial charge in [0.2, 0.25) is 5.91 Å². The Morgan fingerprint density at radius 3 is 2.88 bits per heavy atom. The lowest BCUT2D eigenvalue weighted by Gasteiger charge is -2.25. The Labute approximate surface area is 145 Å². The maximum Gasteiger partial charge on any atom is 0.255 e. The molecule has 0 aliphatic carbocycles. The molecule has 2 amide bonds. The van der Waals surface area contributed by atoms with E-state index in [-0.39, 0.29) is 23.9 Å². The van der Waals surface area contributed by atoms with Gasteiger partial charge < -0.3 is 10.2 Å². The number of carbonyl (C=O) groups is 2. The molecule has 25 heavy (non-hydrogen) atoms. The third-order valence-electron chi connectivity index (χ3n) is 5.29. The van der Waals surface area contributed by atoms with E-state index in [4.69, 9.17) is 0 Å². The normalized spacial score (nSPS) is 23.0. The van der Waals surface area contributed by atoms with E-state index < -0.39 is 0 Å². The van der Waals surface area contributed by atoms with Crippen molar-refractivity contribution in [3.8, 4) is 0 Å². The standard InChI is InChI=1S/C17H22N6O2/c1-21-15(24)9-12(16(21)14-6-7-18-22(14)2)20-17(25)11-10-19-23-8-4-3-5-13(11)23/h6-7,10,12,16H,3-5,8-9H2,1-2H3,(H,20,25)/t12-,16-/m1/s1. The molecule has 2 atom stereocenters. The van der Waals surface area contributed by atoms with Gasteiger partial charge >= 0.3 is 0 Å². The average Bonchev–Trinajstić information content (AvgIpc) is 3.27. The number of hydrogen-bond donors (Lipinski definition) is 1. The lowest BCUT2D eigenvalue weighted by Crippen LogP contribution is -2.40. The molecule has 0 aromatic carbocycles. The number of carbonyl (C=O) groups excluding carboxylic acids is 2. The minimum Gasteiger partial charge on any atom is -0.346 e. The number of hydrogen-bond acceptors (Lipinski definition) is 4. The molecule has 2 aliphatic rings. The summed E-state index contributed by atoms with van der Waals surface area (Å²) in [7, 11) is 3.62. The van der Waals surface area contributed by atoms with E-state index in [1.165, 1.54) is 0 Å². The molecular formula is C17H22N6O2. The predicted molar refractivity (Wildman–Crippen MR) is 89.8 cm³/mol. The van der Waals surface area contributed by atoms with E-state index in [1.54, 1.807) is 29.0 Å². The Bertz CT molecular complexity index is 823. The zero-order valence-corrected chi connectivity index (χ0v) is 14.5. The number of amides is 2. The van der Waals surface area contributed by atoms with E-state index in [0.717, 1.165) is 37.2 Å². The van der Waals surface area contributed by atoms with Gasteiger partial charge in [0.25, 0.3) is 5.91 Å². The molecule has 0 unspecified atom stereocenters. The van der Waals surface area contributed by atoms with Crippen LogP contribution in [0.3, 0.4) is 0 Å². The largest absolute Gasteiger partial charge is 0.346 e. The minimum atomic E-state index is -0.278. The smallest absolute Gasteiger partial charge is 0.255 e. The van der Waals surface area contributed by atoms with Gasteiger partial charge in [0.1, 0.15) is 0 Å². The second kappa shape index (κ2) is 6.02. The van der Waals surface area contributed by atoms with Crippen molar-refractivity contribution in [2.24, 2.45) is 7.05 Å². The topological polar surface area (TPSA) is 85.1 Å². The van der Waals surface area contributed by atoms with E-state index in [0.29, 0.717) is 12.0 Å². The van der Waals surface area contributed by atoms with Gasteiger partial charge in [-0.25, -0.2) is 0 Å². The highest BCUT2D eigenvalue weighted by atomic mass is 16.2. The predicted octanol–water partition coefficient (Wildman–Crippen LogP) is 0.655. The fourth-order valence-electron chi connectivity index (χ4n) is 3.93. The Morgan fingerprint density at radius 1 is 1.28 bits per heavy atom. The molecule has 132 valence electrons. The molecule has 0 bridgehead atoms. The van der Waals surface area contributed by atoms with Crippen molar-refractivity contribution in [2.45, 2.75) is 44.3 Å². The summed E-state index contributed by atoms with van der Waals surface area (Å²) in [5.41, 5.74) is 2.54. The second-order valence-electron chi connectivity index (χ2n) is 6.80. The molecule has 2 aromatic rings. The van der Waals surface area contributed by atoms with Crippen molar-refractivity contribution in [3.63, 3.8) is 0 Å². The van der Waals surface area contributed by atoms with Crippen LogP contribution in [0.25, 0.3) is 0 Å². The first-order valence-corrected chi connectivity index (χ1v) is 8.65. The molecule has 0 radical (unpaired) electrons. The first-order valence-electron chi connectivity index (χ1n) is 8.65. The Hall–Kier alpha value is -2.64. The number of aromatic nitrogens is 4. The summed E-state index contributed by atoms with van der Waals surface area (Å²) < 4.78 is 3.67. The molecule has 2 aliphatic heterocycles. The van der Waals surface area contributed by atoms with Crippen LogP contribution >= 0.6 is 0 Å². The summed E-state index contributed by atoms with van der Waals surface area (Å²) in [6.45, 7) is 0.866. The molecular weight excluding hydrogens is 320 g/mol. The molecule has 4 rings (SSSR count). The molecule has 4 heterocycles. The van der Waals surface area contributed by atoms with Crippen LogP contribution in [0.2, 0.25) is 0 Å². The van der Waals surface area contributed by atoms with Gasteiger partial charge in [-0.05, 0) is 25.3 Å². The highest BCUT2D eigenvalue weighted by Crippen LogP contribution is 2.32.